The molecular weight excluding hydrogens is 266 g/mol. The average molecular weight is 286 g/mol. The van der Waals surface area contributed by atoms with Gasteiger partial charge in [-0.1, -0.05) is 20.8 Å². The van der Waals surface area contributed by atoms with E-state index >= 15 is 0 Å². The van der Waals surface area contributed by atoms with Crippen LogP contribution in [0.3, 0.4) is 0 Å². The molecule has 3 nitrogen and oxygen atoms in total. The molecule has 1 aromatic heterocycles. The van der Waals surface area contributed by atoms with Gasteiger partial charge in [-0.25, -0.2) is 0 Å². The van der Waals surface area contributed by atoms with Crippen LogP contribution in [-0.4, -0.2) is 22.9 Å². The predicted molar refractivity (Wildman–Crippen MR) is 69.8 cm³/mol. The molecule has 0 aliphatic carbocycles. The zero-order valence-corrected chi connectivity index (χ0v) is 11.8. The highest BCUT2D eigenvalue weighted by Gasteiger charge is 2.27. The maximum atomic E-state index is 4.54. The van der Waals surface area contributed by atoms with Crippen LogP contribution in [0.2, 0.25) is 0 Å². The van der Waals surface area contributed by atoms with Gasteiger partial charge in [-0.05, 0) is 35.3 Å². The van der Waals surface area contributed by atoms with Crippen LogP contribution in [0.1, 0.15) is 45.3 Å². The Morgan fingerprint density at radius 1 is 1.50 bits per heavy atom. The summed E-state index contributed by atoms with van der Waals surface area (Å²) in [5, 5.41) is 7.98. The molecule has 0 bridgehead atoms. The molecule has 0 aromatic carbocycles. The van der Waals surface area contributed by atoms with Gasteiger partial charge in [0.15, 0.2) is 0 Å². The van der Waals surface area contributed by atoms with Gasteiger partial charge in [-0.15, -0.1) is 0 Å². The van der Waals surface area contributed by atoms with E-state index in [1.807, 2.05) is 6.20 Å². The van der Waals surface area contributed by atoms with E-state index in [-0.39, 0.29) is 5.41 Å². The van der Waals surface area contributed by atoms with Gasteiger partial charge >= 0.3 is 0 Å². The fourth-order valence-corrected chi connectivity index (χ4v) is 3.23. The summed E-state index contributed by atoms with van der Waals surface area (Å²) >= 11 is 3.62. The molecule has 1 fully saturated rings. The molecule has 2 rings (SSSR count). The first-order valence-electron chi connectivity index (χ1n) is 5.94. The predicted octanol–water partition coefficient (Wildman–Crippen LogP) is 2.87. The van der Waals surface area contributed by atoms with E-state index in [1.165, 1.54) is 18.5 Å². The zero-order valence-electron chi connectivity index (χ0n) is 10.3. The van der Waals surface area contributed by atoms with Crippen LogP contribution in [0.4, 0.5) is 0 Å². The largest absolute Gasteiger partial charge is 0.315 e. The Morgan fingerprint density at radius 3 is 2.81 bits per heavy atom. The van der Waals surface area contributed by atoms with Crippen molar-refractivity contribution in [3.63, 3.8) is 0 Å². The molecule has 2 heterocycles. The van der Waals surface area contributed by atoms with Gasteiger partial charge < -0.3 is 5.32 Å². The van der Waals surface area contributed by atoms with Gasteiger partial charge in [0.05, 0.1) is 22.4 Å². The van der Waals surface area contributed by atoms with Crippen molar-refractivity contribution in [2.45, 2.75) is 45.1 Å². The third kappa shape index (κ3) is 2.33. The quantitative estimate of drug-likeness (QED) is 0.860. The molecule has 90 valence electrons. The minimum Gasteiger partial charge on any atom is -0.315 e. The average Bonchev–Trinajstić information content (AvgIpc) is 2.61. The lowest BCUT2D eigenvalue weighted by Gasteiger charge is -2.29. The lowest BCUT2D eigenvalue weighted by Crippen LogP contribution is -2.34. The summed E-state index contributed by atoms with van der Waals surface area (Å²) in [6, 6.07) is 0.509. The van der Waals surface area contributed by atoms with Crippen molar-refractivity contribution >= 4 is 15.9 Å². The monoisotopic (exact) mass is 285 g/mol. The van der Waals surface area contributed by atoms with Gasteiger partial charge in [0.2, 0.25) is 0 Å². The number of nitrogens with one attached hydrogen (secondary N) is 1. The molecule has 1 unspecified atom stereocenters. The SMILES string of the molecule is CC(C)(C)c1c(Br)cnn1C1CCCNC1. The number of aromatic nitrogens is 2. The summed E-state index contributed by atoms with van der Waals surface area (Å²) in [4.78, 5) is 0. The van der Waals surface area contributed by atoms with Gasteiger partial charge in [-0.3, -0.25) is 4.68 Å². The molecule has 4 heteroatoms. The Labute approximate surface area is 106 Å². The molecule has 1 aliphatic rings. The smallest absolute Gasteiger partial charge is 0.0647 e. The van der Waals surface area contributed by atoms with E-state index in [0.717, 1.165) is 17.6 Å². The molecule has 1 N–H and O–H groups in total. The van der Waals surface area contributed by atoms with Crippen LogP contribution in [0.25, 0.3) is 0 Å². The van der Waals surface area contributed by atoms with Crippen LogP contribution < -0.4 is 5.32 Å². The highest BCUT2D eigenvalue weighted by molar-refractivity contribution is 9.10. The normalized spacial score (nSPS) is 22.4. The second-order valence-electron chi connectivity index (χ2n) is 5.54. The minimum absolute atomic E-state index is 0.132. The van der Waals surface area contributed by atoms with Crippen molar-refractivity contribution in [1.82, 2.24) is 15.1 Å². The molecule has 1 aliphatic heterocycles. The molecule has 0 amide bonds. The van der Waals surface area contributed by atoms with Crippen LogP contribution in [0, 0.1) is 0 Å². The Balaban J connectivity index is 2.33. The van der Waals surface area contributed by atoms with E-state index in [9.17, 15) is 0 Å². The second kappa shape index (κ2) is 4.49. The molecule has 1 saturated heterocycles. The highest BCUT2D eigenvalue weighted by atomic mass is 79.9. The summed E-state index contributed by atoms with van der Waals surface area (Å²) in [6.45, 7) is 8.89. The fraction of sp³-hybridized carbons (Fsp3) is 0.750. The minimum atomic E-state index is 0.132. The topological polar surface area (TPSA) is 29.9 Å². The second-order valence-corrected chi connectivity index (χ2v) is 6.39. The molecule has 0 saturated carbocycles. The number of nitrogens with zero attached hydrogens (tertiary/aromatic N) is 2. The Bertz CT molecular complexity index is 359. The first kappa shape index (κ1) is 12.1. The molecule has 1 aromatic rings. The van der Waals surface area contributed by atoms with E-state index in [4.69, 9.17) is 0 Å². The molecular formula is C12H20BrN3. The van der Waals surface area contributed by atoms with E-state index < -0.39 is 0 Å². The maximum Gasteiger partial charge on any atom is 0.0647 e. The van der Waals surface area contributed by atoms with E-state index in [1.54, 1.807) is 0 Å². The van der Waals surface area contributed by atoms with Crippen LogP contribution in [-0.2, 0) is 5.41 Å². The Hall–Kier alpha value is -0.350. The third-order valence-electron chi connectivity index (χ3n) is 3.08. The molecule has 1 atom stereocenters. The summed E-state index contributed by atoms with van der Waals surface area (Å²) in [5.41, 5.74) is 1.44. The molecule has 0 spiro atoms. The highest BCUT2D eigenvalue weighted by Crippen LogP contribution is 2.32. The van der Waals surface area contributed by atoms with E-state index in [2.05, 4.69) is 51.8 Å². The first-order chi connectivity index (χ1) is 7.50. The van der Waals surface area contributed by atoms with Crippen molar-refractivity contribution in [2.75, 3.05) is 13.1 Å². The number of rotatable bonds is 1. The Kier molecular flexibility index (Phi) is 3.40. The van der Waals surface area contributed by atoms with Crippen LogP contribution >= 0.6 is 15.9 Å². The number of halogens is 1. The van der Waals surface area contributed by atoms with Gasteiger partial charge in [0, 0.05) is 12.0 Å². The summed E-state index contributed by atoms with van der Waals surface area (Å²) in [5.74, 6) is 0. The lowest BCUT2D eigenvalue weighted by molar-refractivity contribution is 0.324. The summed E-state index contributed by atoms with van der Waals surface area (Å²) < 4.78 is 3.33. The van der Waals surface area contributed by atoms with Crippen molar-refractivity contribution in [1.29, 1.82) is 0 Å². The van der Waals surface area contributed by atoms with Crippen LogP contribution in [0.15, 0.2) is 10.7 Å². The third-order valence-corrected chi connectivity index (χ3v) is 3.66. The van der Waals surface area contributed by atoms with Crippen molar-refractivity contribution in [2.24, 2.45) is 0 Å². The van der Waals surface area contributed by atoms with E-state index in [0.29, 0.717) is 6.04 Å². The maximum absolute atomic E-state index is 4.54. The fourth-order valence-electron chi connectivity index (χ4n) is 2.36. The van der Waals surface area contributed by atoms with Gasteiger partial charge in [-0.2, -0.15) is 5.10 Å². The summed E-state index contributed by atoms with van der Waals surface area (Å²) in [6.07, 6.45) is 4.39. The molecule has 0 radical (unpaired) electrons. The van der Waals surface area contributed by atoms with Crippen molar-refractivity contribution in [3.05, 3.63) is 16.4 Å². The summed E-state index contributed by atoms with van der Waals surface area (Å²) in [7, 11) is 0. The van der Waals surface area contributed by atoms with Gasteiger partial charge in [0.25, 0.3) is 0 Å². The number of hydrogen-bond acceptors (Lipinski definition) is 2. The molecule has 16 heavy (non-hydrogen) atoms. The number of hydrogen-bond donors (Lipinski definition) is 1. The standard InChI is InChI=1S/C12H20BrN3/c1-12(2,3)11-10(13)8-15-16(11)9-5-4-6-14-7-9/h8-9,14H,4-7H2,1-3H3. The van der Waals surface area contributed by atoms with Crippen molar-refractivity contribution < 1.29 is 0 Å². The zero-order chi connectivity index (χ0) is 11.8. The first-order valence-corrected chi connectivity index (χ1v) is 6.73. The Morgan fingerprint density at radius 2 is 2.25 bits per heavy atom. The van der Waals surface area contributed by atoms with Gasteiger partial charge in [0.1, 0.15) is 0 Å². The number of piperidine rings is 1. The van der Waals surface area contributed by atoms with Crippen LogP contribution in [0.5, 0.6) is 0 Å². The van der Waals surface area contributed by atoms with Crippen molar-refractivity contribution in [3.8, 4) is 0 Å². The lowest BCUT2D eigenvalue weighted by atomic mass is 9.91.